The third kappa shape index (κ3) is 36.7. The fourth-order valence-corrected chi connectivity index (χ4v) is 5.21. The highest BCUT2D eigenvalue weighted by Crippen LogP contribution is 2.15. The number of rotatable bonds is 31. The number of nitrogens with two attached hydrogens (primary N) is 1. The molecule has 0 aliphatic heterocycles. The Morgan fingerprint density at radius 1 is 0.523 bits per heavy atom. The highest BCUT2D eigenvalue weighted by atomic mass is 16.6. The van der Waals surface area contributed by atoms with E-state index in [-0.39, 0.29) is 25.4 Å². The number of hydrogen-bond acceptors (Lipinski definition) is 6. The summed E-state index contributed by atoms with van der Waals surface area (Å²) in [5.74, 6) is -2.45. The Morgan fingerprint density at radius 3 is 1.23 bits per heavy atom. The lowest BCUT2D eigenvalue weighted by atomic mass is 10.0. The Hall–Kier alpha value is -1.47. The van der Waals surface area contributed by atoms with Crippen LogP contribution in [0.5, 0.6) is 0 Å². The Labute approximate surface area is 271 Å². The van der Waals surface area contributed by atoms with Crippen molar-refractivity contribution < 1.29 is 29.3 Å². The Bertz CT molecular complexity index is 641. The number of ether oxygens (including phenoxy) is 1. The SMILES string of the molecule is CCCCCCCCCCCC(=O)OC(=O)C(N)CCC(=O)O.CCCCCCCCCCCC(O)CCCCCCCC. The minimum atomic E-state index is -1.06. The first-order valence-electron chi connectivity index (χ1n) is 18.7. The largest absolute Gasteiger partial charge is 0.481 e. The van der Waals surface area contributed by atoms with E-state index in [1.807, 2.05) is 0 Å². The van der Waals surface area contributed by atoms with E-state index < -0.39 is 23.9 Å². The van der Waals surface area contributed by atoms with Crippen LogP contribution in [0.2, 0.25) is 0 Å². The highest BCUT2D eigenvalue weighted by Gasteiger charge is 2.19. The first kappa shape index (κ1) is 44.7. The van der Waals surface area contributed by atoms with Crippen molar-refractivity contribution in [2.24, 2.45) is 5.73 Å². The molecule has 7 nitrogen and oxygen atoms in total. The van der Waals surface area contributed by atoms with Gasteiger partial charge in [0.25, 0.3) is 0 Å². The number of hydrogen-bond donors (Lipinski definition) is 3. The third-order valence-electron chi connectivity index (χ3n) is 8.20. The molecule has 0 amide bonds. The zero-order valence-electron chi connectivity index (χ0n) is 29.3. The van der Waals surface area contributed by atoms with E-state index in [1.54, 1.807) is 0 Å². The molecule has 0 aliphatic carbocycles. The monoisotopic (exact) mass is 628 g/mol. The van der Waals surface area contributed by atoms with Gasteiger partial charge in [-0.05, 0) is 25.7 Å². The fraction of sp³-hybridized carbons (Fsp3) is 0.919. The van der Waals surface area contributed by atoms with Gasteiger partial charge in [0, 0.05) is 12.8 Å². The Morgan fingerprint density at radius 2 is 0.864 bits per heavy atom. The van der Waals surface area contributed by atoms with Crippen molar-refractivity contribution in [2.45, 2.75) is 219 Å². The molecule has 262 valence electrons. The van der Waals surface area contributed by atoms with Crippen LogP contribution in [0.1, 0.15) is 207 Å². The van der Waals surface area contributed by atoms with E-state index >= 15 is 0 Å². The molecule has 0 spiro atoms. The molecule has 0 saturated carbocycles. The van der Waals surface area contributed by atoms with Gasteiger partial charge in [-0.2, -0.15) is 0 Å². The van der Waals surface area contributed by atoms with Crippen LogP contribution in [0.15, 0.2) is 0 Å². The number of carboxylic acids is 1. The second-order valence-corrected chi connectivity index (χ2v) is 12.7. The summed E-state index contributed by atoms with van der Waals surface area (Å²) >= 11 is 0. The van der Waals surface area contributed by atoms with Crippen LogP contribution in [0.3, 0.4) is 0 Å². The van der Waals surface area contributed by atoms with E-state index in [9.17, 15) is 19.5 Å². The number of aliphatic hydroxyl groups is 1. The summed E-state index contributed by atoms with van der Waals surface area (Å²) in [6, 6.07) is -1.06. The number of aliphatic hydroxyl groups excluding tert-OH is 1. The molecule has 0 rings (SSSR count). The Balaban J connectivity index is 0. The maximum Gasteiger partial charge on any atom is 0.330 e. The van der Waals surface area contributed by atoms with Gasteiger partial charge in [0.15, 0.2) is 0 Å². The quantitative estimate of drug-likeness (QED) is 0.0396. The van der Waals surface area contributed by atoms with Gasteiger partial charge in [0.1, 0.15) is 6.04 Å². The van der Waals surface area contributed by atoms with Crippen LogP contribution in [-0.2, 0) is 19.1 Å². The minimum Gasteiger partial charge on any atom is -0.481 e. The molecular weight excluding hydrogens is 554 g/mol. The van der Waals surface area contributed by atoms with Crippen molar-refractivity contribution >= 4 is 17.9 Å². The average molecular weight is 628 g/mol. The maximum absolute atomic E-state index is 11.5. The molecule has 4 N–H and O–H groups in total. The molecule has 0 fully saturated rings. The number of carbonyl (C=O) groups is 3. The van der Waals surface area contributed by atoms with Gasteiger partial charge in [-0.3, -0.25) is 9.59 Å². The van der Waals surface area contributed by atoms with Gasteiger partial charge in [-0.15, -0.1) is 0 Å². The number of aliphatic carboxylic acids is 1. The van der Waals surface area contributed by atoms with Gasteiger partial charge in [-0.25, -0.2) is 4.79 Å². The molecule has 0 bridgehead atoms. The van der Waals surface area contributed by atoms with Crippen molar-refractivity contribution in [3.63, 3.8) is 0 Å². The van der Waals surface area contributed by atoms with E-state index in [0.29, 0.717) is 6.42 Å². The van der Waals surface area contributed by atoms with E-state index in [1.165, 1.54) is 135 Å². The van der Waals surface area contributed by atoms with Gasteiger partial charge >= 0.3 is 17.9 Å². The summed E-state index contributed by atoms with van der Waals surface area (Å²) in [7, 11) is 0. The molecule has 0 aromatic heterocycles. The second-order valence-electron chi connectivity index (χ2n) is 12.7. The molecule has 7 heteroatoms. The van der Waals surface area contributed by atoms with E-state index in [2.05, 4.69) is 25.5 Å². The molecule has 0 saturated heterocycles. The van der Waals surface area contributed by atoms with Gasteiger partial charge in [-0.1, -0.05) is 168 Å². The Kier molecular flexibility index (Phi) is 36.5. The van der Waals surface area contributed by atoms with Crippen LogP contribution in [-0.4, -0.2) is 40.3 Å². The third-order valence-corrected chi connectivity index (χ3v) is 8.20. The summed E-state index contributed by atoms with van der Waals surface area (Å²) in [5, 5.41) is 18.5. The van der Waals surface area contributed by atoms with Crippen molar-refractivity contribution in [3.05, 3.63) is 0 Å². The molecule has 44 heavy (non-hydrogen) atoms. The van der Waals surface area contributed by atoms with E-state index in [0.717, 1.165) is 25.7 Å². The lowest BCUT2D eigenvalue weighted by Gasteiger charge is -2.10. The second kappa shape index (κ2) is 36.0. The minimum absolute atomic E-state index is 0.0271. The zero-order valence-corrected chi connectivity index (χ0v) is 29.3. The van der Waals surface area contributed by atoms with Crippen molar-refractivity contribution in [2.75, 3.05) is 0 Å². The summed E-state index contributed by atoms with van der Waals surface area (Å²) in [6.07, 6.45) is 32.6. The lowest BCUT2D eigenvalue weighted by Crippen LogP contribution is -2.34. The first-order chi connectivity index (χ1) is 21.3. The fourth-order valence-electron chi connectivity index (χ4n) is 5.21. The van der Waals surface area contributed by atoms with Gasteiger partial charge in [0.05, 0.1) is 6.10 Å². The number of carbonyl (C=O) groups excluding carboxylic acids is 2. The molecule has 0 aliphatic rings. The van der Waals surface area contributed by atoms with Crippen molar-refractivity contribution in [3.8, 4) is 0 Å². The van der Waals surface area contributed by atoms with Crippen LogP contribution in [0.4, 0.5) is 0 Å². The number of carboxylic acid groups (broad SMARTS) is 1. The molecular formula is C37H73NO6. The molecule has 0 aromatic carbocycles. The topological polar surface area (TPSA) is 127 Å². The molecule has 0 aromatic rings. The number of esters is 2. The van der Waals surface area contributed by atoms with Gasteiger partial charge < -0.3 is 20.7 Å². The standard InChI is InChI=1S/C20H42O.C17H31NO5/c1-3-5-7-9-11-12-13-15-17-19-20(21)18-16-14-10-8-6-4-2;1-2-3-4-5-6-7-8-9-10-11-16(21)23-17(22)14(18)12-13-15(19)20/h20-21H,3-19H2,1-2H3;14H,2-13,18H2,1H3,(H,19,20). The van der Waals surface area contributed by atoms with Crippen LogP contribution >= 0.6 is 0 Å². The predicted octanol–water partition coefficient (Wildman–Crippen LogP) is 10.2. The van der Waals surface area contributed by atoms with Crippen molar-refractivity contribution in [1.82, 2.24) is 0 Å². The normalized spacial score (nSPS) is 12.3. The molecule has 2 atom stereocenters. The zero-order chi connectivity index (χ0) is 33.1. The average Bonchev–Trinajstić information content (AvgIpc) is 3.00. The highest BCUT2D eigenvalue weighted by molar-refractivity contribution is 5.88. The predicted molar refractivity (Wildman–Crippen MR) is 184 cm³/mol. The molecule has 0 radical (unpaired) electrons. The molecule has 2 unspecified atom stereocenters. The van der Waals surface area contributed by atoms with Crippen LogP contribution in [0, 0.1) is 0 Å². The first-order valence-corrected chi connectivity index (χ1v) is 18.7. The van der Waals surface area contributed by atoms with E-state index in [4.69, 9.17) is 10.8 Å². The molecule has 0 heterocycles. The smallest absolute Gasteiger partial charge is 0.330 e. The maximum atomic E-state index is 11.5. The summed E-state index contributed by atoms with van der Waals surface area (Å²) in [5.41, 5.74) is 5.47. The van der Waals surface area contributed by atoms with Gasteiger partial charge in [0.2, 0.25) is 0 Å². The summed E-state index contributed by atoms with van der Waals surface area (Å²) < 4.78 is 4.62. The van der Waals surface area contributed by atoms with Crippen molar-refractivity contribution in [1.29, 1.82) is 0 Å². The van der Waals surface area contributed by atoms with Crippen LogP contribution in [0.25, 0.3) is 0 Å². The summed E-state index contributed by atoms with van der Waals surface area (Å²) in [6.45, 7) is 6.73. The lowest BCUT2D eigenvalue weighted by molar-refractivity contribution is -0.160. The summed E-state index contributed by atoms with van der Waals surface area (Å²) in [4.78, 5) is 33.3. The van der Waals surface area contributed by atoms with Crippen LogP contribution < -0.4 is 5.73 Å². The number of unbranched alkanes of at least 4 members (excludes halogenated alkanes) is 21.